The number of benzene rings is 1. The van der Waals surface area contributed by atoms with Crippen LogP contribution in [0.4, 0.5) is 0 Å². The Morgan fingerprint density at radius 3 is 2.89 bits per heavy atom. The molecule has 94 valence electrons. The average molecular weight is 264 g/mol. The maximum atomic E-state index is 11.9. The Morgan fingerprint density at radius 2 is 2.22 bits per heavy atom. The second-order valence-electron chi connectivity index (χ2n) is 3.77. The molecule has 1 atom stereocenters. The lowest BCUT2D eigenvalue weighted by Gasteiger charge is -2.12. The summed E-state index contributed by atoms with van der Waals surface area (Å²) < 4.78 is 0. The van der Waals surface area contributed by atoms with Gasteiger partial charge in [0.05, 0.1) is 11.6 Å². The van der Waals surface area contributed by atoms with E-state index in [-0.39, 0.29) is 23.1 Å². The number of nitrogens with zero attached hydrogens (tertiary/aromatic N) is 1. The predicted molar refractivity (Wildman–Crippen MR) is 67.8 cm³/mol. The fourth-order valence-electron chi connectivity index (χ4n) is 1.49. The van der Waals surface area contributed by atoms with Crippen molar-refractivity contribution in [1.82, 2.24) is 10.3 Å². The molecule has 0 saturated heterocycles. The molecule has 1 unspecified atom stereocenters. The number of phenolic OH excluding ortho intramolecular Hbond substituents is 2. The molecule has 2 aromatic rings. The summed E-state index contributed by atoms with van der Waals surface area (Å²) in [5, 5.41) is 24.2. The van der Waals surface area contributed by atoms with Crippen LogP contribution in [0.15, 0.2) is 29.8 Å². The number of amides is 1. The Hall–Kier alpha value is -2.08. The lowest BCUT2D eigenvalue weighted by atomic mass is 10.1. The highest BCUT2D eigenvalue weighted by Gasteiger charge is 2.16. The van der Waals surface area contributed by atoms with E-state index in [1.165, 1.54) is 29.5 Å². The fraction of sp³-hybridized carbons (Fsp3) is 0.167. The first-order valence-corrected chi connectivity index (χ1v) is 6.18. The lowest BCUT2D eigenvalue weighted by Crippen LogP contribution is -2.26. The molecule has 2 rings (SSSR count). The first-order valence-electron chi connectivity index (χ1n) is 5.30. The van der Waals surface area contributed by atoms with Gasteiger partial charge in [-0.05, 0) is 25.1 Å². The number of rotatable bonds is 3. The van der Waals surface area contributed by atoms with Crippen molar-refractivity contribution in [2.45, 2.75) is 13.0 Å². The van der Waals surface area contributed by atoms with Crippen molar-refractivity contribution >= 4 is 17.2 Å². The summed E-state index contributed by atoms with van der Waals surface area (Å²) in [6, 6.07) is 3.56. The van der Waals surface area contributed by atoms with Crippen LogP contribution >= 0.6 is 11.3 Å². The van der Waals surface area contributed by atoms with Crippen LogP contribution in [0.3, 0.4) is 0 Å². The molecule has 0 saturated carbocycles. The smallest absolute Gasteiger partial charge is 0.255 e. The van der Waals surface area contributed by atoms with Crippen LogP contribution < -0.4 is 5.32 Å². The van der Waals surface area contributed by atoms with Gasteiger partial charge in [-0.25, -0.2) is 4.98 Å². The monoisotopic (exact) mass is 264 g/mol. The normalized spacial score (nSPS) is 12.1. The van der Waals surface area contributed by atoms with Crippen LogP contribution in [-0.4, -0.2) is 21.1 Å². The SMILES string of the molecule is CC(NC(=O)c1cc(O)ccc1O)c1nccs1. The van der Waals surface area contributed by atoms with E-state index in [4.69, 9.17) is 0 Å². The summed E-state index contributed by atoms with van der Waals surface area (Å²) in [7, 11) is 0. The van der Waals surface area contributed by atoms with E-state index in [0.717, 1.165) is 5.01 Å². The van der Waals surface area contributed by atoms with Crippen LogP contribution in [0.5, 0.6) is 11.5 Å². The maximum Gasteiger partial charge on any atom is 0.255 e. The van der Waals surface area contributed by atoms with Gasteiger partial charge in [-0.1, -0.05) is 0 Å². The molecular weight excluding hydrogens is 252 g/mol. The van der Waals surface area contributed by atoms with Gasteiger partial charge >= 0.3 is 0 Å². The van der Waals surface area contributed by atoms with Crippen LogP contribution in [-0.2, 0) is 0 Å². The Morgan fingerprint density at radius 1 is 1.44 bits per heavy atom. The standard InChI is InChI=1S/C12H12N2O3S/c1-7(12-13-4-5-18-12)14-11(17)9-6-8(15)2-3-10(9)16/h2-7,15-16H,1H3,(H,14,17). The van der Waals surface area contributed by atoms with E-state index >= 15 is 0 Å². The molecule has 0 fully saturated rings. The average Bonchev–Trinajstić information content (AvgIpc) is 2.85. The quantitative estimate of drug-likeness (QED) is 0.741. The second-order valence-corrected chi connectivity index (χ2v) is 4.69. The molecule has 3 N–H and O–H groups in total. The third-order valence-electron chi connectivity index (χ3n) is 2.39. The highest BCUT2D eigenvalue weighted by Crippen LogP contribution is 2.23. The highest BCUT2D eigenvalue weighted by atomic mass is 32.1. The molecule has 0 aliphatic heterocycles. The molecule has 0 radical (unpaired) electrons. The van der Waals surface area contributed by atoms with Crippen LogP contribution in [0.25, 0.3) is 0 Å². The second kappa shape index (κ2) is 5.05. The van der Waals surface area contributed by atoms with E-state index in [2.05, 4.69) is 10.3 Å². The molecule has 1 heterocycles. The molecule has 1 aromatic heterocycles. The molecule has 5 nitrogen and oxygen atoms in total. The number of aromatic nitrogens is 1. The largest absolute Gasteiger partial charge is 0.508 e. The number of hydrogen-bond acceptors (Lipinski definition) is 5. The van der Waals surface area contributed by atoms with Gasteiger partial charge in [-0.2, -0.15) is 0 Å². The Labute approximate surface area is 108 Å². The van der Waals surface area contributed by atoms with Gasteiger partial charge in [-0.15, -0.1) is 11.3 Å². The lowest BCUT2D eigenvalue weighted by molar-refractivity contribution is 0.0936. The molecular formula is C12H12N2O3S. The number of nitrogens with one attached hydrogen (secondary N) is 1. The van der Waals surface area contributed by atoms with E-state index in [9.17, 15) is 15.0 Å². The zero-order chi connectivity index (χ0) is 13.1. The van der Waals surface area contributed by atoms with Crippen molar-refractivity contribution in [1.29, 1.82) is 0 Å². The minimum Gasteiger partial charge on any atom is -0.508 e. The summed E-state index contributed by atoms with van der Waals surface area (Å²) >= 11 is 1.44. The molecule has 0 aliphatic carbocycles. The highest BCUT2D eigenvalue weighted by molar-refractivity contribution is 7.09. The zero-order valence-corrected chi connectivity index (χ0v) is 10.4. The predicted octanol–water partition coefficient (Wildman–Crippen LogP) is 2.05. The minimum atomic E-state index is -0.453. The van der Waals surface area contributed by atoms with E-state index in [1.807, 2.05) is 5.38 Å². The molecule has 1 aromatic carbocycles. The van der Waals surface area contributed by atoms with E-state index in [1.54, 1.807) is 13.1 Å². The van der Waals surface area contributed by atoms with Crippen molar-refractivity contribution in [2.75, 3.05) is 0 Å². The van der Waals surface area contributed by atoms with Crippen LogP contribution in [0.2, 0.25) is 0 Å². The topological polar surface area (TPSA) is 82.5 Å². The first-order chi connectivity index (χ1) is 8.58. The number of thiazole rings is 1. The molecule has 1 amide bonds. The number of carbonyl (C=O) groups is 1. The van der Waals surface area contributed by atoms with E-state index < -0.39 is 5.91 Å². The van der Waals surface area contributed by atoms with Crippen LogP contribution in [0, 0.1) is 0 Å². The number of phenols is 2. The summed E-state index contributed by atoms with van der Waals surface area (Å²) in [4.78, 5) is 16.0. The third-order valence-corrected chi connectivity index (χ3v) is 3.35. The number of carbonyl (C=O) groups excluding carboxylic acids is 1. The Kier molecular flexibility index (Phi) is 3.47. The van der Waals surface area contributed by atoms with Gasteiger partial charge in [0.25, 0.3) is 5.91 Å². The van der Waals surface area contributed by atoms with Crippen molar-refractivity contribution < 1.29 is 15.0 Å². The van der Waals surface area contributed by atoms with Gasteiger partial charge in [0.15, 0.2) is 0 Å². The summed E-state index contributed by atoms with van der Waals surface area (Å²) in [6.07, 6.45) is 1.66. The minimum absolute atomic E-state index is 0.0402. The van der Waals surface area contributed by atoms with Gasteiger partial charge < -0.3 is 15.5 Å². The van der Waals surface area contributed by atoms with Gasteiger partial charge in [-0.3, -0.25) is 4.79 Å². The molecule has 6 heteroatoms. The number of aromatic hydroxyl groups is 2. The summed E-state index contributed by atoms with van der Waals surface area (Å²) in [6.45, 7) is 1.80. The molecule has 18 heavy (non-hydrogen) atoms. The summed E-state index contributed by atoms with van der Waals surface area (Å²) in [5.74, 6) is -0.692. The molecule has 0 bridgehead atoms. The fourth-order valence-corrected chi connectivity index (χ4v) is 2.14. The van der Waals surface area contributed by atoms with Gasteiger partial charge in [0.1, 0.15) is 16.5 Å². The Balaban J connectivity index is 2.15. The molecule has 0 spiro atoms. The molecule has 0 aliphatic rings. The zero-order valence-electron chi connectivity index (χ0n) is 9.62. The van der Waals surface area contributed by atoms with Crippen molar-refractivity contribution in [3.63, 3.8) is 0 Å². The first kappa shape index (κ1) is 12.4. The van der Waals surface area contributed by atoms with Gasteiger partial charge in [0.2, 0.25) is 0 Å². The Bertz CT molecular complexity index is 554. The number of hydrogen-bond donors (Lipinski definition) is 3. The van der Waals surface area contributed by atoms with Crippen LogP contribution in [0.1, 0.15) is 28.3 Å². The van der Waals surface area contributed by atoms with Crippen molar-refractivity contribution in [3.05, 3.63) is 40.3 Å². The maximum absolute atomic E-state index is 11.9. The van der Waals surface area contributed by atoms with E-state index in [0.29, 0.717) is 0 Å². The van der Waals surface area contributed by atoms with Crippen molar-refractivity contribution in [2.24, 2.45) is 0 Å². The summed E-state index contributed by atoms with van der Waals surface area (Å²) in [5.41, 5.74) is 0.0402. The third kappa shape index (κ3) is 2.60. The van der Waals surface area contributed by atoms with Gasteiger partial charge in [0, 0.05) is 11.6 Å². The van der Waals surface area contributed by atoms with Crippen molar-refractivity contribution in [3.8, 4) is 11.5 Å².